The normalized spacial score (nSPS) is 23.0. The Morgan fingerprint density at radius 1 is 0.938 bits per heavy atom. The Morgan fingerprint density at radius 3 is 2.34 bits per heavy atom. The van der Waals surface area contributed by atoms with Gasteiger partial charge in [-0.05, 0) is 34.9 Å². The summed E-state index contributed by atoms with van der Waals surface area (Å²) < 4.78 is 27.3. The quantitative estimate of drug-likeness (QED) is 0.664. The van der Waals surface area contributed by atoms with Crippen LogP contribution < -0.4 is 0 Å². The van der Waals surface area contributed by atoms with E-state index < -0.39 is 0 Å². The van der Waals surface area contributed by atoms with E-state index in [4.69, 9.17) is 0 Å². The van der Waals surface area contributed by atoms with Gasteiger partial charge in [-0.1, -0.05) is 54.6 Å². The smallest absolute Gasteiger partial charge is 0.237 e. The van der Waals surface area contributed by atoms with Crippen molar-refractivity contribution in [3.8, 4) is 11.1 Å². The van der Waals surface area contributed by atoms with Gasteiger partial charge < -0.3 is 10.0 Å². The maximum atomic E-state index is 14.1. The third-order valence-electron chi connectivity index (χ3n) is 6.62. The second-order valence-corrected chi connectivity index (χ2v) is 8.54. The minimum absolute atomic E-state index is 0.00152. The standard InChI is InChI=1S/C26H24F2N2O2/c27-20-11-5-17(6-12-20)13-29-14-23-26(24(16-31)30(23)25(32)15-29)19-9-7-18(8-10-19)21-3-1-2-4-22(21)28/h1-12,23-24,26,31H,13-16H2/t23-,24+,26+/m1/s1. The molecule has 0 aromatic heterocycles. The van der Waals surface area contributed by atoms with E-state index in [-0.39, 0.29) is 48.7 Å². The van der Waals surface area contributed by atoms with Crippen molar-refractivity contribution >= 4 is 5.91 Å². The summed E-state index contributed by atoms with van der Waals surface area (Å²) in [7, 11) is 0. The van der Waals surface area contributed by atoms with E-state index in [1.165, 1.54) is 18.2 Å². The summed E-state index contributed by atoms with van der Waals surface area (Å²) in [6, 6.07) is 20.4. The number of carbonyl (C=O) groups excluding carboxylic acids is 1. The number of hydrogen-bond acceptors (Lipinski definition) is 3. The van der Waals surface area contributed by atoms with Crippen molar-refractivity contribution in [2.45, 2.75) is 24.5 Å². The number of aliphatic hydroxyl groups excluding tert-OH is 1. The molecule has 164 valence electrons. The highest BCUT2D eigenvalue weighted by molar-refractivity contribution is 5.81. The molecule has 3 aromatic carbocycles. The number of hydrogen-bond donors (Lipinski definition) is 1. The summed E-state index contributed by atoms with van der Waals surface area (Å²) >= 11 is 0. The molecule has 3 aromatic rings. The molecule has 2 saturated heterocycles. The lowest BCUT2D eigenvalue weighted by molar-refractivity contribution is -0.162. The summed E-state index contributed by atoms with van der Waals surface area (Å²) in [4.78, 5) is 16.7. The van der Waals surface area contributed by atoms with Gasteiger partial charge in [0, 0.05) is 24.6 Å². The zero-order chi connectivity index (χ0) is 22.2. The molecular formula is C26H24F2N2O2. The van der Waals surface area contributed by atoms with Gasteiger partial charge in [-0.25, -0.2) is 8.78 Å². The summed E-state index contributed by atoms with van der Waals surface area (Å²) in [5, 5.41) is 9.98. The van der Waals surface area contributed by atoms with Crippen molar-refractivity contribution in [2.24, 2.45) is 0 Å². The van der Waals surface area contributed by atoms with Crippen LogP contribution in [-0.4, -0.2) is 52.6 Å². The third-order valence-corrected chi connectivity index (χ3v) is 6.62. The molecule has 1 N–H and O–H groups in total. The van der Waals surface area contributed by atoms with Crippen LogP contribution in [0.2, 0.25) is 0 Å². The summed E-state index contributed by atoms with van der Waals surface area (Å²) in [5.74, 6) is -0.535. The first-order chi connectivity index (χ1) is 15.5. The van der Waals surface area contributed by atoms with E-state index in [0.717, 1.165) is 16.7 Å². The number of fused-ring (bicyclic) bond motifs is 1. The summed E-state index contributed by atoms with van der Waals surface area (Å²) in [6.45, 7) is 1.43. The van der Waals surface area contributed by atoms with Crippen molar-refractivity contribution in [2.75, 3.05) is 19.7 Å². The minimum atomic E-state index is -0.279. The van der Waals surface area contributed by atoms with E-state index in [0.29, 0.717) is 18.7 Å². The largest absolute Gasteiger partial charge is 0.394 e. The number of halogens is 2. The lowest BCUT2D eigenvalue weighted by Crippen LogP contribution is -2.72. The Hall–Kier alpha value is -3.09. The fourth-order valence-corrected chi connectivity index (χ4v) is 5.11. The lowest BCUT2D eigenvalue weighted by atomic mass is 9.73. The number of piperazine rings is 1. The van der Waals surface area contributed by atoms with E-state index in [1.54, 1.807) is 35.2 Å². The van der Waals surface area contributed by atoms with Gasteiger partial charge >= 0.3 is 0 Å². The SMILES string of the molecule is O=C1CN(Cc2ccc(F)cc2)C[C@@H]2[C@H](c3ccc(-c4ccccc4F)cc3)[C@H](CO)N12. The highest BCUT2D eigenvalue weighted by atomic mass is 19.1. The molecule has 0 radical (unpaired) electrons. The number of nitrogens with zero attached hydrogens (tertiary/aromatic N) is 2. The average Bonchev–Trinajstić information content (AvgIpc) is 2.78. The van der Waals surface area contributed by atoms with Crippen molar-refractivity contribution in [3.63, 3.8) is 0 Å². The van der Waals surface area contributed by atoms with Crippen LogP contribution in [0.25, 0.3) is 11.1 Å². The highest BCUT2D eigenvalue weighted by Gasteiger charge is 2.53. The van der Waals surface area contributed by atoms with Crippen LogP contribution in [0.1, 0.15) is 17.0 Å². The maximum absolute atomic E-state index is 14.1. The molecule has 0 aliphatic carbocycles. The first kappa shape index (κ1) is 20.8. The van der Waals surface area contributed by atoms with E-state index >= 15 is 0 Å². The first-order valence-electron chi connectivity index (χ1n) is 10.8. The molecule has 3 atom stereocenters. The fraction of sp³-hybridized carbons (Fsp3) is 0.269. The summed E-state index contributed by atoms with van der Waals surface area (Å²) in [6.07, 6.45) is 0. The van der Waals surface area contributed by atoms with Gasteiger partial charge in [-0.3, -0.25) is 9.69 Å². The Labute approximate surface area is 185 Å². The number of benzene rings is 3. The number of carbonyl (C=O) groups is 1. The highest BCUT2D eigenvalue weighted by Crippen LogP contribution is 2.43. The topological polar surface area (TPSA) is 43.8 Å². The monoisotopic (exact) mass is 434 g/mol. The van der Waals surface area contributed by atoms with Gasteiger partial charge in [0.15, 0.2) is 0 Å². The van der Waals surface area contributed by atoms with Crippen molar-refractivity contribution < 1.29 is 18.7 Å². The predicted octanol–water partition coefficient (Wildman–Crippen LogP) is 3.80. The van der Waals surface area contributed by atoms with Crippen molar-refractivity contribution in [1.29, 1.82) is 0 Å². The summed E-state index contributed by atoms with van der Waals surface area (Å²) in [5.41, 5.74) is 3.32. The van der Waals surface area contributed by atoms with Gasteiger partial charge in [0.05, 0.1) is 25.2 Å². The molecule has 0 saturated carbocycles. The Kier molecular flexibility index (Phi) is 5.49. The van der Waals surface area contributed by atoms with Crippen LogP contribution in [0.4, 0.5) is 8.78 Å². The van der Waals surface area contributed by atoms with E-state index in [1.807, 2.05) is 24.3 Å². The molecule has 2 fully saturated rings. The van der Waals surface area contributed by atoms with E-state index in [9.17, 15) is 18.7 Å². The van der Waals surface area contributed by atoms with E-state index in [2.05, 4.69) is 4.90 Å². The molecule has 2 heterocycles. The predicted molar refractivity (Wildman–Crippen MR) is 118 cm³/mol. The molecule has 6 heteroatoms. The number of amides is 1. The third kappa shape index (κ3) is 3.70. The molecule has 0 bridgehead atoms. The molecule has 32 heavy (non-hydrogen) atoms. The van der Waals surface area contributed by atoms with Gasteiger partial charge in [-0.15, -0.1) is 0 Å². The second kappa shape index (κ2) is 8.45. The van der Waals surface area contributed by atoms with Crippen LogP contribution in [0.5, 0.6) is 0 Å². The zero-order valence-electron chi connectivity index (χ0n) is 17.5. The number of aliphatic hydroxyl groups is 1. The molecule has 0 spiro atoms. The van der Waals surface area contributed by atoms with Gasteiger partial charge in [0.1, 0.15) is 11.6 Å². The molecule has 2 aliphatic rings. The number of rotatable bonds is 5. The lowest BCUT2D eigenvalue weighted by Gasteiger charge is -2.59. The molecule has 0 unspecified atom stereocenters. The van der Waals surface area contributed by atoms with Crippen molar-refractivity contribution in [3.05, 3.63) is 95.6 Å². The van der Waals surface area contributed by atoms with Crippen LogP contribution >= 0.6 is 0 Å². The molecule has 4 nitrogen and oxygen atoms in total. The average molecular weight is 434 g/mol. The van der Waals surface area contributed by atoms with Gasteiger partial charge in [0.25, 0.3) is 0 Å². The van der Waals surface area contributed by atoms with Crippen LogP contribution in [0, 0.1) is 11.6 Å². The molecule has 1 amide bonds. The Bertz CT molecular complexity index is 1120. The van der Waals surface area contributed by atoms with Gasteiger partial charge in [0.2, 0.25) is 5.91 Å². The maximum Gasteiger partial charge on any atom is 0.237 e. The first-order valence-corrected chi connectivity index (χ1v) is 10.8. The zero-order valence-corrected chi connectivity index (χ0v) is 17.5. The Morgan fingerprint density at radius 2 is 1.66 bits per heavy atom. The molecular weight excluding hydrogens is 410 g/mol. The van der Waals surface area contributed by atoms with Crippen molar-refractivity contribution in [1.82, 2.24) is 9.80 Å². The fourth-order valence-electron chi connectivity index (χ4n) is 5.11. The van der Waals surface area contributed by atoms with Gasteiger partial charge in [-0.2, -0.15) is 0 Å². The second-order valence-electron chi connectivity index (χ2n) is 8.54. The van der Waals surface area contributed by atoms with Crippen LogP contribution in [0.3, 0.4) is 0 Å². The molecule has 5 rings (SSSR count). The van der Waals surface area contributed by atoms with Crippen LogP contribution in [-0.2, 0) is 11.3 Å². The minimum Gasteiger partial charge on any atom is -0.394 e. The van der Waals surface area contributed by atoms with Crippen LogP contribution in [0.15, 0.2) is 72.8 Å². The Balaban J connectivity index is 1.36. The molecule has 2 aliphatic heterocycles.